The fourth-order valence-electron chi connectivity index (χ4n) is 1.07. The lowest BCUT2D eigenvalue weighted by Crippen LogP contribution is -2.28. The highest BCUT2D eigenvalue weighted by atomic mass is 16.5. The van der Waals surface area contributed by atoms with E-state index in [1.807, 2.05) is 0 Å². The van der Waals surface area contributed by atoms with Crippen molar-refractivity contribution >= 4 is 11.9 Å². The number of hydrogen-bond donors (Lipinski definition) is 3. The first kappa shape index (κ1) is 12.2. The summed E-state index contributed by atoms with van der Waals surface area (Å²) in [7, 11) is 0. The van der Waals surface area contributed by atoms with Crippen LogP contribution in [0.1, 0.15) is 16.1 Å². The van der Waals surface area contributed by atoms with E-state index < -0.39 is 5.97 Å². The predicted molar refractivity (Wildman–Crippen MR) is 54.1 cm³/mol. The number of carbonyl (C=O) groups is 2. The number of carboxylic acids is 1. The lowest BCUT2D eigenvalue weighted by atomic mass is 10.2. The van der Waals surface area contributed by atoms with Gasteiger partial charge >= 0.3 is 5.97 Å². The fourth-order valence-corrected chi connectivity index (χ4v) is 1.07. The van der Waals surface area contributed by atoms with E-state index in [1.54, 1.807) is 6.92 Å². The van der Waals surface area contributed by atoms with Crippen molar-refractivity contribution < 1.29 is 19.4 Å². The lowest BCUT2D eigenvalue weighted by Gasteiger charge is -2.04. The molecule has 3 N–H and O–H groups in total. The van der Waals surface area contributed by atoms with E-state index in [0.29, 0.717) is 11.3 Å². The minimum Gasteiger partial charge on any atom is -0.480 e. The molecule has 1 rings (SSSR count). The number of aromatic amines is 1. The Morgan fingerprint density at radius 2 is 2.38 bits per heavy atom. The fraction of sp³-hybridized carbons (Fsp3) is 0.444. The van der Waals surface area contributed by atoms with Gasteiger partial charge in [0.05, 0.1) is 18.4 Å². The molecule has 0 saturated heterocycles. The van der Waals surface area contributed by atoms with Gasteiger partial charge < -0.3 is 15.2 Å². The Bertz CT molecular complexity index is 375. The molecule has 0 bridgehead atoms. The van der Waals surface area contributed by atoms with Crippen LogP contribution in [-0.4, -0.2) is 46.9 Å². The van der Waals surface area contributed by atoms with Crippen molar-refractivity contribution in [3.05, 3.63) is 17.5 Å². The van der Waals surface area contributed by atoms with Crippen molar-refractivity contribution in [3.63, 3.8) is 0 Å². The minimum absolute atomic E-state index is 0.162. The number of carboxylic acid groups (broad SMARTS) is 1. The average Bonchev–Trinajstić information content (AvgIpc) is 2.63. The summed E-state index contributed by atoms with van der Waals surface area (Å²) in [5.41, 5.74) is 1.15. The summed E-state index contributed by atoms with van der Waals surface area (Å²) in [6.45, 7) is 1.80. The highest BCUT2D eigenvalue weighted by Gasteiger charge is 2.09. The molecule has 0 aliphatic heterocycles. The number of rotatable bonds is 6. The average molecular weight is 227 g/mol. The largest absolute Gasteiger partial charge is 0.480 e. The smallest absolute Gasteiger partial charge is 0.329 e. The van der Waals surface area contributed by atoms with Gasteiger partial charge in [0.15, 0.2) is 0 Å². The van der Waals surface area contributed by atoms with Crippen LogP contribution in [0.5, 0.6) is 0 Å². The standard InChI is InChI=1S/C9H13N3O4/c1-6-7(4-11-12-6)9(15)10-2-3-16-5-8(13)14/h4H,2-3,5H2,1H3,(H,10,15)(H,11,12)(H,13,14). The quantitative estimate of drug-likeness (QED) is 0.571. The van der Waals surface area contributed by atoms with Crippen LogP contribution >= 0.6 is 0 Å². The number of amides is 1. The molecule has 0 aromatic carbocycles. The first-order valence-corrected chi connectivity index (χ1v) is 4.69. The Balaban J connectivity index is 2.21. The molecule has 0 saturated carbocycles. The molecule has 0 aliphatic rings. The van der Waals surface area contributed by atoms with Crippen LogP contribution in [-0.2, 0) is 9.53 Å². The first-order valence-electron chi connectivity index (χ1n) is 4.69. The highest BCUT2D eigenvalue weighted by molar-refractivity contribution is 5.94. The van der Waals surface area contributed by atoms with Crippen molar-refractivity contribution in [2.45, 2.75) is 6.92 Å². The number of aromatic nitrogens is 2. The monoisotopic (exact) mass is 227 g/mol. The summed E-state index contributed by atoms with van der Waals surface area (Å²) in [4.78, 5) is 21.6. The molecule has 0 aliphatic carbocycles. The van der Waals surface area contributed by atoms with Gasteiger partial charge in [-0.25, -0.2) is 4.79 Å². The molecule has 0 fully saturated rings. The van der Waals surface area contributed by atoms with Crippen molar-refractivity contribution in [1.82, 2.24) is 15.5 Å². The molecule has 1 aromatic heterocycles. The first-order chi connectivity index (χ1) is 7.61. The van der Waals surface area contributed by atoms with Crippen LogP contribution in [0.2, 0.25) is 0 Å². The summed E-state index contributed by atoms with van der Waals surface area (Å²) in [6, 6.07) is 0. The number of ether oxygens (including phenoxy) is 1. The molecule has 1 aromatic rings. The zero-order valence-corrected chi connectivity index (χ0v) is 8.82. The molecule has 88 valence electrons. The SMILES string of the molecule is Cc1[nH]ncc1C(=O)NCCOCC(=O)O. The third kappa shape index (κ3) is 3.70. The molecule has 0 unspecified atom stereocenters. The second-order valence-electron chi connectivity index (χ2n) is 3.11. The van der Waals surface area contributed by atoms with E-state index in [4.69, 9.17) is 9.84 Å². The van der Waals surface area contributed by atoms with E-state index in [1.165, 1.54) is 6.20 Å². The van der Waals surface area contributed by atoms with Gasteiger partial charge in [-0.05, 0) is 6.92 Å². The second-order valence-corrected chi connectivity index (χ2v) is 3.11. The number of nitrogens with zero attached hydrogens (tertiary/aromatic N) is 1. The normalized spacial score (nSPS) is 10.1. The third-order valence-corrected chi connectivity index (χ3v) is 1.83. The van der Waals surface area contributed by atoms with Gasteiger partial charge in [0.25, 0.3) is 5.91 Å². The predicted octanol–water partition coefficient (Wildman–Crippen LogP) is -0.451. The summed E-state index contributed by atoms with van der Waals surface area (Å²) >= 11 is 0. The van der Waals surface area contributed by atoms with Crippen molar-refractivity contribution in [2.24, 2.45) is 0 Å². The maximum absolute atomic E-state index is 11.5. The van der Waals surface area contributed by atoms with E-state index in [-0.39, 0.29) is 25.7 Å². The summed E-state index contributed by atoms with van der Waals surface area (Å²) in [5, 5.41) is 17.2. The number of aryl methyl sites for hydroxylation is 1. The molecule has 7 heteroatoms. The molecule has 7 nitrogen and oxygen atoms in total. The summed E-state index contributed by atoms with van der Waals surface area (Å²) in [5.74, 6) is -1.29. The van der Waals surface area contributed by atoms with Crippen LogP contribution in [0, 0.1) is 6.92 Å². The number of aliphatic carboxylic acids is 1. The summed E-state index contributed by atoms with van der Waals surface area (Å²) < 4.78 is 4.76. The van der Waals surface area contributed by atoms with E-state index in [9.17, 15) is 9.59 Å². The Hall–Kier alpha value is -1.89. The zero-order valence-electron chi connectivity index (χ0n) is 8.82. The third-order valence-electron chi connectivity index (χ3n) is 1.83. The Morgan fingerprint density at radius 3 is 2.94 bits per heavy atom. The van der Waals surface area contributed by atoms with Crippen LogP contribution in [0.4, 0.5) is 0 Å². The molecular weight excluding hydrogens is 214 g/mol. The van der Waals surface area contributed by atoms with E-state index >= 15 is 0 Å². The number of carbonyl (C=O) groups excluding carboxylic acids is 1. The molecule has 16 heavy (non-hydrogen) atoms. The highest BCUT2D eigenvalue weighted by Crippen LogP contribution is 2.01. The minimum atomic E-state index is -1.03. The van der Waals surface area contributed by atoms with Crippen molar-refractivity contribution in [1.29, 1.82) is 0 Å². The number of hydrogen-bond acceptors (Lipinski definition) is 4. The Kier molecular flexibility index (Phi) is 4.46. The summed E-state index contributed by atoms with van der Waals surface area (Å²) in [6.07, 6.45) is 1.43. The Labute approximate surface area is 91.8 Å². The van der Waals surface area contributed by atoms with Gasteiger partial charge in [-0.2, -0.15) is 5.10 Å². The maximum atomic E-state index is 11.5. The van der Waals surface area contributed by atoms with Gasteiger partial charge in [-0.15, -0.1) is 0 Å². The van der Waals surface area contributed by atoms with Gasteiger partial charge in [-0.1, -0.05) is 0 Å². The molecule has 0 spiro atoms. The van der Waals surface area contributed by atoms with Crippen LogP contribution < -0.4 is 5.32 Å². The molecular formula is C9H13N3O4. The molecule has 0 radical (unpaired) electrons. The topological polar surface area (TPSA) is 104 Å². The van der Waals surface area contributed by atoms with Gasteiger partial charge in [0.1, 0.15) is 6.61 Å². The Morgan fingerprint density at radius 1 is 1.62 bits per heavy atom. The molecule has 0 atom stereocenters. The zero-order chi connectivity index (χ0) is 12.0. The van der Waals surface area contributed by atoms with E-state index in [0.717, 1.165) is 0 Å². The second kappa shape index (κ2) is 5.86. The van der Waals surface area contributed by atoms with Crippen molar-refractivity contribution in [3.8, 4) is 0 Å². The lowest BCUT2D eigenvalue weighted by molar-refractivity contribution is -0.142. The van der Waals surface area contributed by atoms with E-state index in [2.05, 4.69) is 15.5 Å². The van der Waals surface area contributed by atoms with Crippen LogP contribution in [0.3, 0.4) is 0 Å². The van der Waals surface area contributed by atoms with Gasteiger partial charge in [-0.3, -0.25) is 9.89 Å². The van der Waals surface area contributed by atoms with Gasteiger partial charge in [0.2, 0.25) is 0 Å². The molecule has 1 amide bonds. The number of nitrogens with one attached hydrogen (secondary N) is 2. The van der Waals surface area contributed by atoms with Crippen LogP contribution in [0.25, 0.3) is 0 Å². The van der Waals surface area contributed by atoms with Crippen molar-refractivity contribution in [2.75, 3.05) is 19.8 Å². The molecule has 1 heterocycles. The number of H-pyrrole nitrogens is 1. The van der Waals surface area contributed by atoms with Gasteiger partial charge in [0, 0.05) is 12.2 Å². The van der Waals surface area contributed by atoms with Crippen LogP contribution in [0.15, 0.2) is 6.20 Å². The maximum Gasteiger partial charge on any atom is 0.329 e.